The lowest BCUT2D eigenvalue weighted by atomic mass is 10.3. The summed E-state index contributed by atoms with van der Waals surface area (Å²) >= 11 is 3.53. The van der Waals surface area contributed by atoms with E-state index in [4.69, 9.17) is 0 Å². The van der Waals surface area contributed by atoms with Gasteiger partial charge in [0.05, 0.1) is 4.88 Å². The van der Waals surface area contributed by atoms with Crippen molar-refractivity contribution in [2.45, 2.75) is 18.6 Å². The van der Waals surface area contributed by atoms with Gasteiger partial charge in [-0.25, -0.2) is 0 Å². The van der Waals surface area contributed by atoms with Crippen molar-refractivity contribution in [3.8, 4) is 0 Å². The van der Waals surface area contributed by atoms with E-state index in [0.29, 0.717) is 5.25 Å². The zero-order valence-corrected chi connectivity index (χ0v) is 10.4. The maximum absolute atomic E-state index is 12.0. The van der Waals surface area contributed by atoms with Crippen LogP contribution in [-0.4, -0.2) is 34.9 Å². The van der Waals surface area contributed by atoms with Gasteiger partial charge in [0.2, 0.25) is 0 Å². The van der Waals surface area contributed by atoms with E-state index in [2.05, 4.69) is 6.92 Å². The Morgan fingerprint density at radius 2 is 2.53 bits per heavy atom. The van der Waals surface area contributed by atoms with E-state index in [-0.39, 0.29) is 5.91 Å². The number of hydrogen-bond acceptors (Lipinski definition) is 3. The molecule has 0 spiro atoms. The van der Waals surface area contributed by atoms with Crippen molar-refractivity contribution in [3.05, 3.63) is 22.4 Å². The van der Waals surface area contributed by atoms with Crippen molar-refractivity contribution in [3.63, 3.8) is 0 Å². The molecule has 0 aromatic carbocycles. The second-order valence-corrected chi connectivity index (χ2v) is 5.99. The van der Waals surface area contributed by atoms with Gasteiger partial charge in [-0.05, 0) is 17.9 Å². The SMILES string of the molecule is CCC1CN(C(=O)c2cccs2)CCS1. The largest absolute Gasteiger partial charge is 0.336 e. The number of carbonyl (C=O) groups is 1. The quantitative estimate of drug-likeness (QED) is 0.793. The van der Waals surface area contributed by atoms with Gasteiger partial charge < -0.3 is 4.90 Å². The fraction of sp³-hybridized carbons (Fsp3) is 0.545. The lowest BCUT2D eigenvalue weighted by Crippen LogP contribution is -2.41. The molecule has 0 saturated carbocycles. The number of rotatable bonds is 2. The van der Waals surface area contributed by atoms with Crippen molar-refractivity contribution in [2.24, 2.45) is 0 Å². The molecule has 2 nitrogen and oxygen atoms in total. The van der Waals surface area contributed by atoms with Crippen LogP contribution in [0.4, 0.5) is 0 Å². The van der Waals surface area contributed by atoms with Crippen LogP contribution < -0.4 is 0 Å². The lowest BCUT2D eigenvalue weighted by Gasteiger charge is -2.31. The van der Waals surface area contributed by atoms with E-state index in [0.717, 1.165) is 30.1 Å². The number of hydrogen-bond donors (Lipinski definition) is 0. The molecule has 15 heavy (non-hydrogen) atoms. The van der Waals surface area contributed by atoms with Crippen molar-refractivity contribution in [1.29, 1.82) is 0 Å². The molecule has 2 heterocycles. The van der Waals surface area contributed by atoms with Gasteiger partial charge in [-0.3, -0.25) is 4.79 Å². The Hall–Kier alpha value is -0.480. The Morgan fingerprint density at radius 1 is 1.67 bits per heavy atom. The van der Waals surface area contributed by atoms with E-state index in [9.17, 15) is 4.79 Å². The van der Waals surface area contributed by atoms with E-state index < -0.39 is 0 Å². The Morgan fingerprint density at radius 3 is 3.20 bits per heavy atom. The van der Waals surface area contributed by atoms with Crippen molar-refractivity contribution < 1.29 is 4.79 Å². The summed E-state index contributed by atoms with van der Waals surface area (Å²) in [6.07, 6.45) is 1.15. The summed E-state index contributed by atoms with van der Waals surface area (Å²) in [6.45, 7) is 4.01. The molecule has 1 fully saturated rings. The van der Waals surface area contributed by atoms with Gasteiger partial charge in [-0.15, -0.1) is 11.3 Å². The van der Waals surface area contributed by atoms with Crippen LogP contribution in [-0.2, 0) is 0 Å². The van der Waals surface area contributed by atoms with Crippen LogP contribution in [0.15, 0.2) is 17.5 Å². The second kappa shape index (κ2) is 5.03. The molecule has 1 unspecified atom stereocenters. The molecule has 2 rings (SSSR count). The highest BCUT2D eigenvalue weighted by molar-refractivity contribution is 8.00. The van der Waals surface area contributed by atoms with Crippen molar-refractivity contribution in [2.75, 3.05) is 18.8 Å². The minimum Gasteiger partial charge on any atom is -0.336 e. The van der Waals surface area contributed by atoms with Gasteiger partial charge >= 0.3 is 0 Å². The number of thiophene rings is 1. The first-order chi connectivity index (χ1) is 7.31. The van der Waals surface area contributed by atoms with Gasteiger partial charge in [0.15, 0.2) is 0 Å². The third-order valence-corrected chi connectivity index (χ3v) is 4.84. The molecule has 0 bridgehead atoms. The number of carbonyl (C=O) groups excluding carboxylic acids is 1. The molecule has 1 amide bonds. The smallest absolute Gasteiger partial charge is 0.263 e. The summed E-state index contributed by atoms with van der Waals surface area (Å²) in [5.41, 5.74) is 0. The van der Waals surface area contributed by atoms with Gasteiger partial charge in [0, 0.05) is 24.1 Å². The number of amides is 1. The Labute approximate surface area is 98.7 Å². The van der Waals surface area contributed by atoms with E-state index in [1.807, 2.05) is 34.2 Å². The van der Waals surface area contributed by atoms with Gasteiger partial charge in [0.25, 0.3) is 5.91 Å². The normalized spacial score (nSPS) is 21.7. The number of nitrogens with zero attached hydrogens (tertiary/aromatic N) is 1. The highest BCUT2D eigenvalue weighted by Crippen LogP contribution is 2.23. The predicted molar refractivity (Wildman–Crippen MR) is 66.8 cm³/mol. The van der Waals surface area contributed by atoms with E-state index in [1.165, 1.54) is 11.3 Å². The average molecular weight is 241 g/mol. The fourth-order valence-corrected chi connectivity index (χ4v) is 3.58. The molecular formula is C11H15NOS2. The summed E-state index contributed by atoms with van der Waals surface area (Å²) in [5.74, 6) is 1.29. The van der Waals surface area contributed by atoms with Crippen LogP contribution in [0.25, 0.3) is 0 Å². The van der Waals surface area contributed by atoms with E-state index >= 15 is 0 Å². The van der Waals surface area contributed by atoms with Crippen LogP contribution in [0.2, 0.25) is 0 Å². The van der Waals surface area contributed by atoms with Crippen molar-refractivity contribution >= 4 is 29.0 Å². The molecule has 0 aliphatic carbocycles. The minimum atomic E-state index is 0.212. The van der Waals surface area contributed by atoms with Crippen LogP contribution in [0.5, 0.6) is 0 Å². The first kappa shape index (κ1) is 11.0. The molecule has 1 aliphatic rings. The molecule has 1 atom stereocenters. The summed E-state index contributed by atoms with van der Waals surface area (Å²) in [5, 5.41) is 2.59. The van der Waals surface area contributed by atoms with Crippen LogP contribution >= 0.6 is 23.1 Å². The minimum absolute atomic E-state index is 0.212. The lowest BCUT2D eigenvalue weighted by molar-refractivity contribution is 0.0766. The Balaban J connectivity index is 2.01. The topological polar surface area (TPSA) is 20.3 Å². The highest BCUT2D eigenvalue weighted by Gasteiger charge is 2.24. The molecule has 0 radical (unpaired) electrons. The van der Waals surface area contributed by atoms with Gasteiger partial charge in [-0.1, -0.05) is 13.0 Å². The third-order valence-electron chi connectivity index (χ3n) is 2.61. The summed E-state index contributed by atoms with van der Waals surface area (Å²) < 4.78 is 0. The molecular weight excluding hydrogens is 226 g/mol. The molecule has 82 valence electrons. The molecule has 1 aliphatic heterocycles. The zero-order valence-electron chi connectivity index (χ0n) is 8.81. The van der Waals surface area contributed by atoms with Crippen LogP contribution in [0.3, 0.4) is 0 Å². The van der Waals surface area contributed by atoms with Crippen LogP contribution in [0, 0.1) is 0 Å². The predicted octanol–water partition coefficient (Wildman–Crippen LogP) is 2.72. The fourth-order valence-electron chi connectivity index (χ4n) is 1.71. The first-order valence-corrected chi connectivity index (χ1v) is 7.18. The second-order valence-electron chi connectivity index (χ2n) is 3.63. The van der Waals surface area contributed by atoms with Crippen LogP contribution in [0.1, 0.15) is 23.0 Å². The van der Waals surface area contributed by atoms with E-state index in [1.54, 1.807) is 0 Å². The van der Waals surface area contributed by atoms with Crippen molar-refractivity contribution in [1.82, 2.24) is 4.90 Å². The summed E-state index contributed by atoms with van der Waals surface area (Å²) in [6, 6.07) is 3.85. The zero-order chi connectivity index (χ0) is 10.7. The Bertz CT molecular complexity index is 323. The summed E-state index contributed by atoms with van der Waals surface area (Å²) in [7, 11) is 0. The van der Waals surface area contributed by atoms with Gasteiger partial charge in [0.1, 0.15) is 0 Å². The maximum atomic E-state index is 12.0. The number of thioether (sulfide) groups is 1. The maximum Gasteiger partial charge on any atom is 0.263 e. The molecule has 1 aromatic heterocycles. The first-order valence-electron chi connectivity index (χ1n) is 5.25. The monoisotopic (exact) mass is 241 g/mol. The highest BCUT2D eigenvalue weighted by atomic mass is 32.2. The molecule has 1 saturated heterocycles. The third kappa shape index (κ3) is 2.55. The molecule has 0 N–H and O–H groups in total. The van der Waals surface area contributed by atoms with Gasteiger partial charge in [-0.2, -0.15) is 11.8 Å². The summed E-state index contributed by atoms with van der Waals surface area (Å²) in [4.78, 5) is 14.9. The molecule has 1 aromatic rings. The Kier molecular flexibility index (Phi) is 3.70. The molecule has 4 heteroatoms. The standard InChI is InChI=1S/C11H15NOS2/c1-2-9-8-12(5-7-14-9)11(13)10-4-3-6-15-10/h3-4,6,9H,2,5,7-8H2,1H3. The average Bonchev–Trinajstić information content (AvgIpc) is 2.81.